The molecule has 0 N–H and O–H groups in total. The number of aryl methyl sites for hydroxylation is 2. The van der Waals surface area contributed by atoms with Gasteiger partial charge in [0.05, 0.1) is 32.6 Å². The van der Waals surface area contributed by atoms with Crippen LogP contribution in [0.1, 0.15) is 35.4 Å². The van der Waals surface area contributed by atoms with Crippen molar-refractivity contribution in [1.29, 1.82) is 0 Å². The third kappa shape index (κ3) is 5.47. The number of methoxy groups -OCH3 is 1. The van der Waals surface area contributed by atoms with Gasteiger partial charge in [-0.25, -0.2) is 0 Å². The monoisotopic (exact) mass is 390 g/mol. The van der Waals surface area contributed by atoms with Crippen LogP contribution < -0.4 is 9.47 Å². The van der Waals surface area contributed by atoms with Crippen LogP contribution in [-0.2, 0) is 22.6 Å². The van der Waals surface area contributed by atoms with Crippen molar-refractivity contribution in [2.24, 2.45) is 0 Å². The van der Waals surface area contributed by atoms with Gasteiger partial charge >= 0.3 is 0 Å². The lowest BCUT2D eigenvalue weighted by molar-refractivity contribution is -0.183. The van der Waals surface area contributed by atoms with Gasteiger partial charge in [-0.05, 0) is 45.5 Å². The summed E-state index contributed by atoms with van der Waals surface area (Å²) in [5, 5.41) is 4.03. The Morgan fingerprint density at radius 2 is 1.96 bits per heavy atom. The van der Waals surface area contributed by atoms with Crippen molar-refractivity contribution in [2.45, 2.75) is 46.1 Å². The largest absolute Gasteiger partial charge is 0.496 e. The number of aromatic nitrogens is 1. The summed E-state index contributed by atoms with van der Waals surface area (Å²) in [6, 6.07) is 5.91. The second kappa shape index (κ2) is 9.91. The predicted molar refractivity (Wildman–Crippen MR) is 105 cm³/mol. The summed E-state index contributed by atoms with van der Waals surface area (Å²) in [5.41, 5.74) is 3.13. The number of rotatable bonds is 9. The van der Waals surface area contributed by atoms with Crippen molar-refractivity contribution < 1.29 is 23.5 Å². The highest BCUT2D eigenvalue weighted by molar-refractivity contribution is 5.40. The van der Waals surface area contributed by atoms with Crippen LogP contribution in [0.25, 0.3) is 0 Å². The predicted octanol–water partition coefficient (Wildman–Crippen LogP) is 3.46. The molecule has 2 heterocycles. The maximum Gasteiger partial charge on any atom is 0.160 e. The molecule has 0 bridgehead atoms. The summed E-state index contributed by atoms with van der Waals surface area (Å²) in [4.78, 5) is 2.21. The number of nitrogens with zero attached hydrogens (tertiary/aromatic N) is 2. The van der Waals surface area contributed by atoms with E-state index in [0.717, 1.165) is 66.8 Å². The minimum atomic E-state index is -0.160. The zero-order chi connectivity index (χ0) is 19.9. The van der Waals surface area contributed by atoms with Gasteiger partial charge in [-0.15, -0.1) is 0 Å². The molecule has 1 aliphatic heterocycles. The molecule has 0 amide bonds. The molecule has 0 aliphatic carbocycles. The maximum absolute atomic E-state index is 5.92. The average molecular weight is 390 g/mol. The molecule has 1 aromatic heterocycles. The van der Waals surface area contributed by atoms with Crippen molar-refractivity contribution in [3.05, 3.63) is 40.8 Å². The summed E-state index contributed by atoms with van der Waals surface area (Å²) >= 11 is 0. The SMILES string of the molecule is COc1ccc(OCCC2OCCCO2)cc1CN(C)Cc1c(C)noc1C. The topological polar surface area (TPSA) is 66.2 Å². The van der Waals surface area contributed by atoms with Gasteiger partial charge in [-0.2, -0.15) is 0 Å². The van der Waals surface area contributed by atoms with Gasteiger partial charge in [0.15, 0.2) is 6.29 Å². The summed E-state index contributed by atoms with van der Waals surface area (Å²) in [5.74, 6) is 2.52. The highest BCUT2D eigenvalue weighted by atomic mass is 16.7. The lowest BCUT2D eigenvalue weighted by atomic mass is 10.1. The second-order valence-corrected chi connectivity index (χ2v) is 7.11. The minimum absolute atomic E-state index is 0.160. The average Bonchev–Trinajstić information content (AvgIpc) is 3.01. The number of hydrogen-bond donors (Lipinski definition) is 0. The quantitative estimate of drug-likeness (QED) is 0.649. The molecule has 1 fully saturated rings. The van der Waals surface area contributed by atoms with Crippen LogP contribution in [0.15, 0.2) is 22.7 Å². The first-order valence-electron chi connectivity index (χ1n) is 9.70. The van der Waals surface area contributed by atoms with Crippen molar-refractivity contribution in [3.8, 4) is 11.5 Å². The molecule has 2 aromatic rings. The molecule has 0 radical (unpaired) electrons. The number of benzene rings is 1. The summed E-state index contributed by atoms with van der Waals surface area (Å²) in [6.45, 7) is 7.45. The van der Waals surface area contributed by atoms with E-state index in [2.05, 4.69) is 17.1 Å². The van der Waals surface area contributed by atoms with Crippen LogP contribution >= 0.6 is 0 Å². The van der Waals surface area contributed by atoms with Gasteiger partial charge in [0.2, 0.25) is 0 Å². The summed E-state index contributed by atoms with van der Waals surface area (Å²) < 4.78 is 27.8. The van der Waals surface area contributed by atoms with Crippen molar-refractivity contribution in [3.63, 3.8) is 0 Å². The van der Waals surface area contributed by atoms with Crippen LogP contribution in [-0.4, -0.2) is 50.3 Å². The molecular formula is C21H30N2O5. The fourth-order valence-electron chi connectivity index (χ4n) is 3.29. The molecule has 3 rings (SSSR count). The maximum atomic E-state index is 5.92. The summed E-state index contributed by atoms with van der Waals surface area (Å²) in [7, 11) is 3.75. The first-order chi connectivity index (χ1) is 13.6. The molecule has 0 saturated carbocycles. The Hall–Kier alpha value is -2.09. The molecule has 1 aromatic carbocycles. The van der Waals surface area contributed by atoms with Crippen molar-refractivity contribution >= 4 is 0 Å². The Labute approximate surface area is 166 Å². The van der Waals surface area contributed by atoms with Crippen LogP contribution in [0.2, 0.25) is 0 Å². The first-order valence-corrected chi connectivity index (χ1v) is 9.70. The van der Waals surface area contributed by atoms with E-state index in [-0.39, 0.29) is 6.29 Å². The van der Waals surface area contributed by atoms with Crippen molar-refractivity contribution in [2.75, 3.05) is 34.0 Å². The molecule has 0 spiro atoms. The van der Waals surface area contributed by atoms with Gasteiger partial charge in [0.1, 0.15) is 17.3 Å². The summed E-state index contributed by atoms with van der Waals surface area (Å²) in [6.07, 6.45) is 1.51. The van der Waals surface area contributed by atoms with Crippen LogP contribution in [0.5, 0.6) is 11.5 Å². The van der Waals surface area contributed by atoms with Gasteiger partial charge in [-0.3, -0.25) is 4.90 Å². The minimum Gasteiger partial charge on any atom is -0.496 e. The molecule has 7 heteroatoms. The second-order valence-electron chi connectivity index (χ2n) is 7.11. The Morgan fingerprint density at radius 3 is 2.64 bits per heavy atom. The van der Waals surface area contributed by atoms with Gasteiger partial charge in [0, 0.05) is 30.6 Å². The van der Waals surface area contributed by atoms with E-state index in [9.17, 15) is 0 Å². The van der Waals surface area contributed by atoms with E-state index in [1.54, 1.807) is 7.11 Å². The van der Waals surface area contributed by atoms with E-state index >= 15 is 0 Å². The normalized spacial score (nSPS) is 15.2. The highest BCUT2D eigenvalue weighted by Crippen LogP contribution is 2.26. The van der Waals surface area contributed by atoms with Crippen LogP contribution in [0.3, 0.4) is 0 Å². The molecule has 154 valence electrons. The van der Waals surface area contributed by atoms with Crippen LogP contribution in [0, 0.1) is 13.8 Å². The fourth-order valence-corrected chi connectivity index (χ4v) is 3.29. The Balaban J connectivity index is 1.58. The number of ether oxygens (including phenoxy) is 4. The Bertz CT molecular complexity index is 736. The van der Waals surface area contributed by atoms with E-state index in [4.69, 9.17) is 23.5 Å². The van der Waals surface area contributed by atoms with Gasteiger partial charge in [0.25, 0.3) is 0 Å². The highest BCUT2D eigenvalue weighted by Gasteiger charge is 2.16. The molecule has 1 saturated heterocycles. The van der Waals surface area contributed by atoms with E-state index < -0.39 is 0 Å². The van der Waals surface area contributed by atoms with E-state index in [1.165, 1.54) is 0 Å². The molecule has 1 aliphatic rings. The van der Waals surface area contributed by atoms with Gasteiger partial charge < -0.3 is 23.5 Å². The molecule has 0 unspecified atom stereocenters. The third-order valence-corrected chi connectivity index (χ3v) is 4.82. The molecule has 7 nitrogen and oxygen atoms in total. The molecule has 0 atom stereocenters. The smallest absolute Gasteiger partial charge is 0.160 e. The number of hydrogen-bond acceptors (Lipinski definition) is 7. The fraction of sp³-hybridized carbons (Fsp3) is 0.571. The zero-order valence-corrected chi connectivity index (χ0v) is 17.2. The van der Waals surface area contributed by atoms with E-state index in [1.807, 2.05) is 32.0 Å². The molecule has 28 heavy (non-hydrogen) atoms. The lowest BCUT2D eigenvalue weighted by Crippen LogP contribution is -2.26. The van der Waals surface area contributed by atoms with Crippen molar-refractivity contribution in [1.82, 2.24) is 10.1 Å². The zero-order valence-electron chi connectivity index (χ0n) is 17.2. The van der Waals surface area contributed by atoms with Gasteiger partial charge in [-0.1, -0.05) is 5.16 Å². The lowest BCUT2D eigenvalue weighted by Gasteiger charge is -2.23. The Morgan fingerprint density at radius 1 is 1.18 bits per heavy atom. The van der Waals surface area contributed by atoms with E-state index in [0.29, 0.717) is 13.0 Å². The Kier molecular flexibility index (Phi) is 7.30. The first kappa shape index (κ1) is 20.6. The van der Waals surface area contributed by atoms with Crippen LogP contribution in [0.4, 0.5) is 0 Å². The molecular weight excluding hydrogens is 360 g/mol. The third-order valence-electron chi connectivity index (χ3n) is 4.82. The standard InChI is InChI=1S/C21H30N2O5/c1-15-19(16(2)28-22-15)14-23(3)13-17-12-18(6-7-20(17)24-4)25-11-8-21-26-9-5-10-27-21/h6-7,12,21H,5,8-11,13-14H2,1-4H3.